The molecule has 0 bridgehead atoms. The van der Waals surface area contributed by atoms with Gasteiger partial charge in [-0.1, -0.05) is 37.3 Å². The fraction of sp³-hybridized carbons (Fsp3) is 0.560. The average molecular weight is 629 g/mol. The number of alkyl halides is 6. The average Bonchev–Trinajstić information content (AvgIpc) is 3.69. The van der Waals surface area contributed by atoms with E-state index in [1.807, 2.05) is 12.3 Å². The van der Waals surface area contributed by atoms with Gasteiger partial charge < -0.3 is 14.8 Å². The predicted molar refractivity (Wildman–Crippen MR) is 137 cm³/mol. The van der Waals surface area contributed by atoms with Gasteiger partial charge in [0.25, 0.3) is 0 Å². The molecule has 10 nitrogen and oxygen atoms in total. The van der Waals surface area contributed by atoms with Crippen molar-refractivity contribution in [2.45, 2.75) is 62.3 Å². The Labute approximate surface area is 237 Å². The zero-order valence-corrected chi connectivity index (χ0v) is 23.2. The molecule has 1 spiro atoms. The second kappa shape index (κ2) is 12.6. The van der Waals surface area contributed by atoms with Gasteiger partial charge in [-0.3, -0.25) is 4.90 Å². The molecule has 1 saturated carbocycles. The van der Waals surface area contributed by atoms with E-state index in [2.05, 4.69) is 40.7 Å². The van der Waals surface area contributed by atoms with E-state index in [1.165, 1.54) is 11.3 Å². The number of hydrogen-bond donors (Lipinski definition) is 2. The molecule has 0 radical (unpaired) electrons. The molecule has 2 aliphatic heterocycles. The Hall–Kier alpha value is -3.18. The van der Waals surface area contributed by atoms with Gasteiger partial charge in [-0.25, -0.2) is 27.3 Å². The number of carbonyl (C=O) groups is 2. The van der Waals surface area contributed by atoms with Crippen LogP contribution in [0.3, 0.4) is 0 Å². The summed E-state index contributed by atoms with van der Waals surface area (Å²) in [5, 5.41) is 14.1. The van der Waals surface area contributed by atoms with Gasteiger partial charge >= 0.3 is 24.3 Å². The minimum atomic E-state index is -5.08. The van der Waals surface area contributed by atoms with Gasteiger partial charge in [0, 0.05) is 26.2 Å². The summed E-state index contributed by atoms with van der Waals surface area (Å²) in [6.45, 7) is 6.27. The van der Waals surface area contributed by atoms with Crippen molar-refractivity contribution >= 4 is 22.0 Å². The highest BCUT2D eigenvalue weighted by molar-refractivity contribution is 7.90. The summed E-state index contributed by atoms with van der Waals surface area (Å²) in [6, 6.07) is 10.4. The molecular formula is C25H30F6N4O6S. The maximum Gasteiger partial charge on any atom is 0.490 e. The second-order valence-electron chi connectivity index (χ2n) is 9.85. The SMILES string of the molecule is CCN1CCn2c(-c3ccccc3)cnc2C12CCN(S(=O)(=O)C1CC1)CC2.O=C(O)C(F)(F)F.O=C(O)C(F)(F)F. The first kappa shape index (κ1) is 33.3. The van der Waals surface area contributed by atoms with E-state index < -0.39 is 34.3 Å². The van der Waals surface area contributed by atoms with Gasteiger partial charge in [-0.2, -0.15) is 26.3 Å². The van der Waals surface area contributed by atoms with Crippen LogP contribution in [0.25, 0.3) is 11.3 Å². The minimum absolute atomic E-state index is 0.123. The Morgan fingerprint density at radius 3 is 1.86 bits per heavy atom. The number of fused-ring (bicyclic) bond motifs is 2. The third-order valence-electron chi connectivity index (χ3n) is 7.26. The topological polar surface area (TPSA) is 133 Å². The molecule has 0 unspecified atom stereocenters. The highest BCUT2D eigenvalue weighted by Gasteiger charge is 2.50. The van der Waals surface area contributed by atoms with Gasteiger partial charge in [-0.15, -0.1) is 0 Å². The molecule has 2 N–H and O–H groups in total. The number of carboxylic acid groups (broad SMARTS) is 2. The molecule has 17 heteroatoms. The quantitative estimate of drug-likeness (QED) is 0.487. The van der Waals surface area contributed by atoms with Crippen LogP contribution in [0.4, 0.5) is 26.3 Å². The molecule has 42 heavy (non-hydrogen) atoms. The largest absolute Gasteiger partial charge is 0.490 e. The lowest BCUT2D eigenvalue weighted by Gasteiger charge is -2.50. The number of carboxylic acids is 2. The molecule has 2 aromatic rings. The van der Waals surface area contributed by atoms with Gasteiger partial charge in [0.2, 0.25) is 10.0 Å². The molecule has 234 valence electrons. The van der Waals surface area contributed by atoms with E-state index in [0.717, 1.165) is 51.1 Å². The predicted octanol–water partition coefficient (Wildman–Crippen LogP) is 3.94. The molecule has 1 aromatic carbocycles. The van der Waals surface area contributed by atoms with Crippen LogP contribution < -0.4 is 0 Å². The Morgan fingerprint density at radius 2 is 1.43 bits per heavy atom. The third kappa shape index (κ3) is 7.42. The van der Waals surface area contributed by atoms with Crippen LogP contribution in [0.1, 0.15) is 38.4 Å². The van der Waals surface area contributed by atoms with Crippen LogP contribution in [0.15, 0.2) is 36.5 Å². The summed E-state index contributed by atoms with van der Waals surface area (Å²) < 4.78 is 93.0. The summed E-state index contributed by atoms with van der Waals surface area (Å²) in [5.74, 6) is -4.40. The Kier molecular flexibility index (Phi) is 9.99. The van der Waals surface area contributed by atoms with E-state index in [9.17, 15) is 34.8 Å². The van der Waals surface area contributed by atoms with Crippen molar-refractivity contribution in [2.75, 3.05) is 26.2 Å². The summed E-state index contributed by atoms with van der Waals surface area (Å²) in [6.07, 6.45) is -4.87. The van der Waals surface area contributed by atoms with E-state index in [-0.39, 0.29) is 10.8 Å². The van der Waals surface area contributed by atoms with Crippen molar-refractivity contribution in [2.24, 2.45) is 0 Å². The zero-order valence-electron chi connectivity index (χ0n) is 22.4. The molecule has 0 amide bonds. The first-order valence-corrected chi connectivity index (χ1v) is 14.4. The number of halogens is 6. The fourth-order valence-electron chi connectivity index (χ4n) is 5.08. The molecule has 5 rings (SSSR count). The van der Waals surface area contributed by atoms with Crippen LogP contribution in [0.2, 0.25) is 0 Å². The number of aliphatic carboxylic acids is 2. The first-order valence-electron chi connectivity index (χ1n) is 12.9. The molecule has 0 atom stereocenters. The third-order valence-corrected chi connectivity index (χ3v) is 9.66. The molecule has 3 heterocycles. The lowest BCUT2D eigenvalue weighted by atomic mass is 9.84. The highest BCUT2D eigenvalue weighted by atomic mass is 32.2. The van der Waals surface area contributed by atoms with Crippen molar-refractivity contribution in [1.29, 1.82) is 0 Å². The number of nitrogens with zero attached hydrogens (tertiary/aromatic N) is 4. The monoisotopic (exact) mass is 628 g/mol. The van der Waals surface area contributed by atoms with E-state index in [0.29, 0.717) is 13.1 Å². The fourth-order valence-corrected chi connectivity index (χ4v) is 6.92. The van der Waals surface area contributed by atoms with E-state index in [4.69, 9.17) is 24.8 Å². The van der Waals surface area contributed by atoms with Crippen LogP contribution >= 0.6 is 0 Å². The van der Waals surface area contributed by atoms with Gasteiger partial charge in [0.15, 0.2) is 0 Å². The molecular weight excluding hydrogens is 598 g/mol. The zero-order chi connectivity index (χ0) is 31.5. The summed E-state index contributed by atoms with van der Waals surface area (Å²) in [4.78, 5) is 25.2. The van der Waals surface area contributed by atoms with Crippen molar-refractivity contribution < 1.29 is 54.6 Å². The number of hydrogen-bond acceptors (Lipinski definition) is 6. The summed E-state index contributed by atoms with van der Waals surface area (Å²) in [7, 11) is -3.10. The number of piperidine rings is 1. The maximum atomic E-state index is 12.7. The van der Waals surface area contributed by atoms with Crippen LogP contribution in [-0.2, 0) is 31.7 Å². The Balaban J connectivity index is 0.000000289. The molecule has 3 aliphatic rings. The lowest BCUT2D eigenvalue weighted by Crippen LogP contribution is -2.58. The number of imidazole rings is 1. The molecule has 1 aliphatic carbocycles. The van der Waals surface area contributed by atoms with Gasteiger partial charge in [0.1, 0.15) is 5.82 Å². The standard InChI is InChI=1S/C21H28N4O2S.2C2HF3O2/c1-2-23-14-15-25-19(17-6-4-3-5-7-17)16-22-20(25)21(23)10-12-24(13-11-21)28(26,27)18-8-9-18;2*3-2(4,5)1(6)7/h3-7,16,18H,2,8-15H2,1H3;2*(H,6,7). The Morgan fingerprint density at radius 1 is 0.929 bits per heavy atom. The number of benzene rings is 1. The normalized spacial score (nSPS) is 19.1. The number of sulfonamides is 1. The summed E-state index contributed by atoms with van der Waals surface area (Å²) in [5.41, 5.74) is 2.20. The Bertz CT molecular complexity index is 1330. The smallest absolute Gasteiger partial charge is 0.475 e. The van der Waals surface area contributed by atoms with Gasteiger partial charge in [-0.05, 0) is 37.8 Å². The van der Waals surface area contributed by atoms with Gasteiger partial charge in [0.05, 0.1) is 22.7 Å². The van der Waals surface area contributed by atoms with Crippen LogP contribution in [0.5, 0.6) is 0 Å². The van der Waals surface area contributed by atoms with Crippen molar-refractivity contribution in [3.05, 3.63) is 42.4 Å². The minimum Gasteiger partial charge on any atom is -0.475 e. The van der Waals surface area contributed by atoms with Crippen LogP contribution in [-0.4, -0.2) is 93.1 Å². The van der Waals surface area contributed by atoms with Crippen molar-refractivity contribution in [1.82, 2.24) is 18.8 Å². The maximum absolute atomic E-state index is 12.7. The molecule has 2 fully saturated rings. The molecule has 1 saturated heterocycles. The van der Waals surface area contributed by atoms with E-state index >= 15 is 0 Å². The van der Waals surface area contributed by atoms with Crippen LogP contribution in [0, 0.1) is 0 Å². The first-order chi connectivity index (χ1) is 19.4. The van der Waals surface area contributed by atoms with E-state index in [1.54, 1.807) is 4.31 Å². The number of rotatable bonds is 4. The number of aromatic nitrogens is 2. The summed E-state index contributed by atoms with van der Waals surface area (Å²) >= 11 is 0. The second-order valence-corrected chi connectivity index (χ2v) is 12.1. The molecule has 1 aromatic heterocycles. The number of likely N-dealkylation sites (N-methyl/N-ethyl adjacent to an activating group) is 1. The van der Waals surface area contributed by atoms with Crippen molar-refractivity contribution in [3.63, 3.8) is 0 Å². The van der Waals surface area contributed by atoms with Crippen molar-refractivity contribution in [3.8, 4) is 11.3 Å². The highest BCUT2D eigenvalue weighted by Crippen LogP contribution is 2.44. The lowest BCUT2D eigenvalue weighted by molar-refractivity contribution is -0.193.